The summed E-state index contributed by atoms with van der Waals surface area (Å²) in [6.45, 7) is 0.280. The summed E-state index contributed by atoms with van der Waals surface area (Å²) < 4.78 is 26.7. The van der Waals surface area contributed by atoms with Crippen LogP contribution in [0.1, 0.15) is 52.7 Å². The first-order valence-corrected chi connectivity index (χ1v) is 13.6. The molecule has 0 bridgehead atoms. The molecule has 3 aromatic rings. The number of benzene rings is 3. The molecule has 3 N–H and O–H groups in total. The number of hydrogen-bond donors (Lipinski definition) is 3. The van der Waals surface area contributed by atoms with Gasteiger partial charge in [-0.2, -0.15) is 8.78 Å². The van der Waals surface area contributed by atoms with Gasteiger partial charge >= 0.3 is 17.9 Å². The highest BCUT2D eigenvalue weighted by atomic mass is 19.3. The van der Waals surface area contributed by atoms with Gasteiger partial charge in [0.15, 0.2) is 0 Å². The molecule has 224 valence electrons. The third-order valence-corrected chi connectivity index (χ3v) is 7.08. The van der Waals surface area contributed by atoms with Crippen LogP contribution in [0.3, 0.4) is 0 Å². The van der Waals surface area contributed by atoms with E-state index in [0.29, 0.717) is 16.8 Å². The van der Waals surface area contributed by atoms with Crippen molar-refractivity contribution >= 4 is 40.5 Å². The standard InChI is InChI=1S/C31H30F2N4O6/c1-20-7-14-25(17-27(20)37(42)43)35-30(41)36(26-15-12-23(13-16-26)22-5-3-2-4-6-22)18-21-8-10-24(11-9-21)28(38)34-19-31(32,33)29(39)40/h5,7-17H,2-4,6,18-19H2,1H3,(H,34,38)(H,35,41)(H,39,40). The number of nitro benzene ring substituents is 1. The lowest BCUT2D eigenvalue weighted by molar-refractivity contribution is -0.385. The van der Waals surface area contributed by atoms with Gasteiger partial charge in [0.1, 0.15) is 0 Å². The molecule has 1 aliphatic carbocycles. The Morgan fingerprint density at radius 1 is 1.02 bits per heavy atom. The van der Waals surface area contributed by atoms with Gasteiger partial charge in [-0.05, 0) is 79.6 Å². The Morgan fingerprint density at radius 3 is 2.33 bits per heavy atom. The van der Waals surface area contributed by atoms with E-state index in [1.54, 1.807) is 31.2 Å². The molecule has 0 aliphatic heterocycles. The number of rotatable bonds is 10. The minimum Gasteiger partial charge on any atom is -0.477 e. The summed E-state index contributed by atoms with van der Waals surface area (Å²) in [5.74, 6) is -7.33. The molecule has 0 radical (unpaired) electrons. The smallest absolute Gasteiger partial charge is 0.376 e. The van der Waals surface area contributed by atoms with Gasteiger partial charge in [0.05, 0.1) is 18.0 Å². The second-order valence-corrected chi connectivity index (χ2v) is 10.2. The van der Waals surface area contributed by atoms with Crippen molar-refractivity contribution in [3.8, 4) is 0 Å². The van der Waals surface area contributed by atoms with Crippen LogP contribution in [-0.4, -0.2) is 40.4 Å². The zero-order valence-electron chi connectivity index (χ0n) is 23.3. The summed E-state index contributed by atoms with van der Waals surface area (Å²) in [4.78, 5) is 48.7. The summed E-state index contributed by atoms with van der Waals surface area (Å²) in [6, 6.07) is 17.2. The third-order valence-electron chi connectivity index (χ3n) is 7.08. The maximum absolute atomic E-state index is 13.5. The molecule has 0 fully saturated rings. The summed E-state index contributed by atoms with van der Waals surface area (Å²) >= 11 is 0. The van der Waals surface area contributed by atoms with E-state index < -0.39 is 35.3 Å². The lowest BCUT2D eigenvalue weighted by atomic mass is 9.93. The molecule has 43 heavy (non-hydrogen) atoms. The topological polar surface area (TPSA) is 142 Å². The van der Waals surface area contributed by atoms with E-state index in [1.165, 1.54) is 28.7 Å². The van der Waals surface area contributed by atoms with Gasteiger partial charge in [-0.3, -0.25) is 19.8 Å². The monoisotopic (exact) mass is 592 g/mol. The Morgan fingerprint density at radius 2 is 1.72 bits per heavy atom. The largest absolute Gasteiger partial charge is 0.477 e. The van der Waals surface area contributed by atoms with Crippen molar-refractivity contribution in [3.63, 3.8) is 0 Å². The van der Waals surface area contributed by atoms with Crippen LogP contribution >= 0.6 is 0 Å². The molecular formula is C31H30F2N4O6. The molecule has 1 aliphatic rings. The number of halogens is 2. The molecule has 0 saturated heterocycles. The van der Waals surface area contributed by atoms with Crippen LogP contribution in [0.2, 0.25) is 0 Å². The minimum atomic E-state index is -4.11. The van der Waals surface area contributed by atoms with E-state index in [-0.39, 0.29) is 23.5 Å². The van der Waals surface area contributed by atoms with E-state index in [4.69, 9.17) is 5.11 Å². The Balaban J connectivity index is 1.56. The average molecular weight is 593 g/mol. The normalized spacial score (nSPS) is 13.0. The van der Waals surface area contributed by atoms with E-state index in [0.717, 1.165) is 31.2 Å². The molecule has 0 heterocycles. The zero-order chi connectivity index (χ0) is 31.1. The Kier molecular flexibility index (Phi) is 9.49. The molecule has 0 aromatic heterocycles. The van der Waals surface area contributed by atoms with E-state index in [9.17, 15) is 33.3 Å². The Labute approximate surface area is 246 Å². The van der Waals surface area contributed by atoms with Crippen molar-refractivity contribution in [1.82, 2.24) is 5.32 Å². The molecule has 10 nitrogen and oxygen atoms in total. The first-order chi connectivity index (χ1) is 20.4. The van der Waals surface area contributed by atoms with E-state index >= 15 is 0 Å². The minimum absolute atomic E-state index is 0.0259. The van der Waals surface area contributed by atoms with Gasteiger partial charge < -0.3 is 15.7 Å². The number of amides is 3. The second kappa shape index (κ2) is 13.2. The number of carbonyl (C=O) groups excluding carboxylic acids is 2. The van der Waals surface area contributed by atoms with Crippen molar-refractivity contribution in [2.45, 2.75) is 45.1 Å². The highest BCUT2D eigenvalue weighted by Gasteiger charge is 2.39. The van der Waals surface area contributed by atoms with Crippen LogP contribution in [0.15, 0.2) is 72.8 Å². The summed E-state index contributed by atoms with van der Waals surface area (Å²) in [6.07, 6.45) is 6.48. The molecule has 3 aromatic carbocycles. The quantitative estimate of drug-likeness (QED) is 0.180. The number of nitro groups is 1. The number of carbonyl (C=O) groups is 3. The molecule has 0 spiro atoms. The van der Waals surface area contributed by atoms with Crippen LogP contribution in [0, 0.1) is 17.0 Å². The summed E-state index contributed by atoms with van der Waals surface area (Å²) in [7, 11) is 0. The fourth-order valence-corrected chi connectivity index (χ4v) is 4.62. The van der Waals surface area contributed by atoms with Gasteiger partial charge in [-0.25, -0.2) is 9.59 Å². The number of allylic oxidation sites excluding steroid dienone is 2. The Bertz CT molecular complexity index is 1560. The Hall–Kier alpha value is -5.13. The first kappa shape index (κ1) is 30.8. The highest BCUT2D eigenvalue weighted by molar-refractivity contribution is 6.02. The average Bonchev–Trinajstić information content (AvgIpc) is 3.00. The fourth-order valence-electron chi connectivity index (χ4n) is 4.62. The van der Waals surface area contributed by atoms with Crippen molar-refractivity contribution in [2.24, 2.45) is 0 Å². The number of nitrogens with zero attached hydrogens (tertiary/aromatic N) is 2. The number of carboxylic acid groups (broad SMARTS) is 1. The fraction of sp³-hybridized carbons (Fsp3) is 0.258. The maximum atomic E-state index is 13.5. The SMILES string of the molecule is Cc1ccc(NC(=O)N(Cc2ccc(C(=O)NCC(F)(F)C(=O)O)cc2)c2ccc(C3=CCCCC3)cc2)cc1[N+](=O)[O-]. The van der Waals surface area contributed by atoms with Gasteiger partial charge in [0, 0.05) is 28.6 Å². The number of aliphatic carboxylic acids is 1. The number of hydrogen-bond acceptors (Lipinski definition) is 5. The predicted octanol–water partition coefficient (Wildman–Crippen LogP) is 6.55. The zero-order valence-corrected chi connectivity index (χ0v) is 23.3. The molecular weight excluding hydrogens is 562 g/mol. The number of carboxylic acids is 1. The van der Waals surface area contributed by atoms with Crippen LogP contribution in [0.5, 0.6) is 0 Å². The lowest BCUT2D eigenvalue weighted by Gasteiger charge is -2.24. The molecule has 4 rings (SSSR count). The number of aryl methyl sites for hydroxylation is 1. The number of alkyl halides is 2. The van der Waals surface area contributed by atoms with Crippen molar-refractivity contribution in [3.05, 3.63) is 105 Å². The molecule has 3 amide bonds. The lowest BCUT2D eigenvalue weighted by Crippen LogP contribution is -2.42. The van der Waals surface area contributed by atoms with Gasteiger partial charge in [-0.15, -0.1) is 0 Å². The van der Waals surface area contributed by atoms with Gasteiger partial charge in [0.2, 0.25) is 0 Å². The van der Waals surface area contributed by atoms with E-state index in [2.05, 4.69) is 11.4 Å². The van der Waals surface area contributed by atoms with Gasteiger partial charge in [-0.1, -0.05) is 36.4 Å². The van der Waals surface area contributed by atoms with Crippen molar-refractivity contribution in [1.29, 1.82) is 0 Å². The number of nitrogens with one attached hydrogen (secondary N) is 2. The van der Waals surface area contributed by atoms with Crippen LogP contribution in [0.4, 0.5) is 30.6 Å². The van der Waals surface area contributed by atoms with Crippen LogP contribution in [0.25, 0.3) is 5.57 Å². The maximum Gasteiger partial charge on any atom is 0.376 e. The van der Waals surface area contributed by atoms with Gasteiger partial charge in [0.25, 0.3) is 11.6 Å². The molecule has 0 unspecified atom stereocenters. The number of urea groups is 1. The van der Waals surface area contributed by atoms with Crippen molar-refractivity contribution < 1.29 is 33.2 Å². The molecule has 0 saturated carbocycles. The predicted molar refractivity (Wildman–Crippen MR) is 157 cm³/mol. The van der Waals surface area contributed by atoms with Crippen LogP contribution < -0.4 is 15.5 Å². The van der Waals surface area contributed by atoms with Crippen LogP contribution in [-0.2, 0) is 11.3 Å². The molecule has 12 heteroatoms. The number of anilines is 2. The first-order valence-electron chi connectivity index (χ1n) is 13.6. The summed E-state index contributed by atoms with van der Waals surface area (Å²) in [5, 5.41) is 24.6. The highest BCUT2D eigenvalue weighted by Crippen LogP contribution is 2.29. The molecule has 0 atom stereocenters. The second-order valence-electron chi connectivity index (χ2n) is 10.2. The summed E-state index contributed by atoms with van der Waals surface area (Å²) in [5.41, 5.74) is 4.03. The third kappa shape index (κ3) is 7.79. The van der Waals surface area contributed by atoms with E-state index in [1.807, 2.05) is 29.6 Å². The van der Waals surface area contributed by atoms with Crippen molar-refractivity contribution in [2.75, 3.05) is 16.8 Å².